The van der Waals surface area contributed by atoms with Crippen LogP contribution in [0.25, 0.3) is 0 Å². The van der Waals surface area contributed by atoms with Crippen LogP contribution >= 0.6 is 0 Å². The Balaban J connectivity index is 2.07. The minimum absolute atomic E-state index is 0.284. The number of halogens is 1. The van der Waals surface area contributed by atoms with Crippen LogP contribution in [0.2, 0.25) is 0 Å². The number of hydrogen-bond donors (Lipinski definition) is 1. The molecule has 2 rings (SSSR count). The summed E-state index contributed by atoms with van der Waals surface area (Å²) in [6.07, 6.45) is 0. The van der Waals surface area contributed by atoms with Gasteiger partial charge >= 0.3 is 0 Å². The minimum atomic E-state index is -0.372. The summed E-state index contributed by atoms with van der Waals surface area (Å²) in [6.45, 7) is 2.01. The van der Waals surface area contributed by atoms with Gasteiger partial charge in [0.15, 0.2) is 0 Å². The number of nitrogens with two attached hydrogens (primary N) is 1. The molecule has 3 nitrogen and oxygen atoms in total. The fraction of sp³-hybridized carbons (Fsp3) is 0.188. The number of nitriles is 1. The maximum atomic E-state index is 13.7. The third-order valence-electron chi connectivity index (χ3n) is 2.92. The third-order valence-corrected chi connectivity index (χ3v) is 2.92. The number of ether oxygens (including phenoxy) is 1. The minimum Gasteiger partial charge on any atom is -0.489 e. The lowest BCUT2D eigenvalue weighted by atomic mass is 10.1. The summed E-state index contributed by atoms with van der Waals surface area (Å²) in [4.78, 5) is 0. The second kappa shape index (κ2) is 6.18. The van der Waals surface area contributed by atoms with Crippen LogP contribution in [-0.4, -0.2) is 0 Å². The molecule has 0 aliphatic carbocycles. The molecule has 0 fully saturated rings. The molecular weight excluding hydrogens is 255 g/mol. The van der Waals surface area contributed by atoms with Gasteiger partial charge in [-0.3, -0.25) is 0 Å². The fourth-order valence-corrected chi connectivity index (χ4v) is 1.86. The highest BCUT2D eigenvalue weighted by Gasteiger charge is 2.08. The number of rotatable bonds is 4. The molecule has 0 amide bonds. The van der Waals surface area contributed by atoms with Crippen LogP contribution in [0.1, 0.15) is 29.7 Å². The van der Waals surface area contributed by atoms with Gasteiger partial charge in [-0.1, -0.05) is 18.2 Å². The first-order valence-electron chi connectivity index (χ1n) is 6.27. The van der Waals surface area contributed by atoms with Gasteiger partial charge in [0.05, 0.1) is 11.6 Å². The van der Waals surface area contributed by atoms with Crippen molar-refractivity contribution in [1.29, 1.82) is 5.26 Å². The molecular formula is C16H15FN2O. The molecule has 0 spiro atoms. The van der Waals surface area contributed by atoms with E-state index in [9.17, 15) is 4.39 Å². The Bertz CT molecular complexity index is 647. The van der Waals surface area contributed by atoms with Crippen molar-refractivity contribution in [3.8, 4) is 11.8 Å². The molecule has 0 saturated carbocycles. The van der Waals surface area contributed by atoms with Crippen LogP contribution in [0.3, 0.4) is 0 Å². The van der Waals surface area contributed by atoms with Gasteiger partial charge in [0, 0.05) is 17.7 Å². The molecule has 2 aromatic rings. The quantitative estimate of drug-likeness (QED) is 0.927. The lowest BCUT2D eigenvalue weighted by Gasteiger charge is -2.10. The first-order valence-corrected chi connectivity index (χ1v) is 6.27. The summed E-state index contributed by atoms with van der Waals surface area (Å²) >= 11 is 0. The zero-order valence-corrected chi connectivity index (χ0v) is 11.1. The van der Waals surface area contributed by atoms with Gasteiger partial charge in [0.2, 0.25) is 0 Å². The van der Waals surface area contributed by atoms with Crippen molar-refractivity contribution in [3.63, 3.8) is 0 Å². The molecule has 0 unspecified atom stereocenters. The van der Waals surface area contributed by atoms with Crippen molar-refractivity contribution in [1.82, 2.24) is 0 Å². The molecule has 0 saturated heterocycles. The van der Waals surface area contributed by atoms with Crippen LogP contribution in [0.15, 0.2) is 42.5 Å². The standard InChI is InChI=1S/C16H15FN2O/c1-11(19)15-6-5-14(8-16(15)17)20-10-13-4-2-3-12(7-13)9-18/h2-8,11H,10,19H2,1H3/t11-/m1/s1. The molecule has 1 atom stereocenters. The van der Waals surface area contributed by atoms with Gasteiger partial charge in [0.25, 0.3) is 0 Å². The summed E-state index contributed by atoms with van der Waals surface area (Å²) in [5, 5.41) is 8.81. The van der Waals surface area contributed by atoms with E-state index in [1.54, 1.807) is 37.3 Å². The number of nitrogens with zero attached hydrogens (tertiary/aromatic N) is 1. The van der Waals surface area contributed by atoms with Crippen LogP contribution in [0, 0.1) is 17.1 Å². The SMILES string of the molecule is C[C@@H](N)c1ccc(OCc2cccc(C#N)c2)cc1F. The monoisotopic (exact) mass is 270 g/mol. The highest BCUT2D eigenvalue weighted by Crippen LogP contribution is 2.21. The van der Waals surface area contributed by atoms with Gasteiger partial charge in [-0.05, 0) is 30.7 Å². The zero-order chi connectivity index (χ0) is 14.5. The molecule has 0 aliphatic rings. The molecule has 0 aromatic heterocycles. The maximum Gasteiger partial charge on any atom is 0.131 e. The van der Waals surface area contributed by atoms with E-state index in [1.165, 1.54) is 6.07 Å². The number of hydrogen-bond acceptors (Lipinski definition) is 3. The average molecular weight is 270 g/mol. The van der Waals surface area contributed by atoms with E-state index in [4.69, 9.17) is 15.7 Å². The molecule has 20 heavy (non-hydrogen) atoms. The molecule has 0 aliphatic heterocycles. The van der Waals surface area contributed by atoms with Crippen LogP contribution in [0.4, 0.5) is 4.39 Å². The first-order chi connectivity index (χ1) is 9.60. The van der Waals surface area contributed by atoms with Crippen molar-refractivity contribution >= 4 is 0 Å². The van der Waals surface area contributed by atoms with Crippen molar-refractivity contribution < 1.29 is 9.13 Å². The largest absolute Gasteiger partial charge is 0.489 e. The molecule has 2 aromatic carbocycles. The van der Waals surface area contributed by atoms with Crippen molar-refractivity contribution in [2.24, 2.45) is 5.73 Å². The van der Waals surface area contributed by atoms with Crippen LogP contribution < -0.4 is 10.5 Å². The van der Waals surface area contributed by atoms with Crippen LogP contribution in [0.5, 0.6) is 5.75 Å². The molecule has 4 heteroatoms. The topological polar surface area (TPSA) is 59.0 Å². The van der Waals surface area contributed by atoms with Gasteiger partial charge in [-0.15, -0.1) is 0 Å². The second-order valence-corrected chi connectivity index (χ2v) is 4.57. The Morgan fingerprint density at radius 2 is 2.10 bits per heavy atom. The van der Waals surface area contributed by atoms with Crippen molar-refractivity contribution in [2.45, 2.75) is 19.6 Å². The Hall–Kier alpha value is -2.38. The summed E-state index contributed by atoms with van der Waals surface area (Å²) in [7, 11) is 0. The number of benzene rings is 2. The summed E-state index contributed by atoms with van der Waals surface area (Å²) in [6, 6.07) is 13.5. The molecule has 0 radical (unpaired) electrons. The van der Waals surface area contributed by atoms with Crippen LogP contribution in [-0.2, 0) is 6.61 Å². The average Bonchev–Trinajstić information content (AvgIpc) is 2.45. The Labute approximate surface area is 117 Å². The molecule has 0 heterocycles. The van der Waals surface area contributed by atoms with E-state index in [-0.39, 0.29) is 18.5 Å². The Morgan fingerprint density at radius 1 is 1.30 bits per heavy atom. The third kappa shape index (κ3) is 3.34. The highest BCUT2D eigenvalue weighted by molar-refractivity contribution is 5.34. The first kappa shape index (κ1) is 14.0. The highest BCUT2D eigenvalue weighted by atomic mass is 19.1. The van der Waals surface area contributed by atoms with Crippen molar-refractivity contribution in [3.05, 3.63) is 65.0 Å². The summed E-state index contributed by atoms with van der Waals surface area (Å²) in [5.74, 6) is 0.0672. The van der Waals surface area contributed by atoms with E-state index in [0.717, 1.165) is 5.56 Å². The lowest BCUT2D eigenvalue weighted by Crippen LogP contribution is -2.07. The van der Waals surface area contributed by atoms with E-state index in [2.05, 4.69) is 6.07 Å². The van der Waals surface area contributed by atoms with E-state index < -0.39 is 0 Å². The fourth-order valence-electron chi connectivity index (χ4n) is 1.86. The predicted molar refractivity (Wildman–Crippen MR) is 74.5 cm³/mol. The second-order valence-electron chi connectivity index (χ2n) is 4.57. The van der Waals surface area contributed by atoms with E-state index in [1.807, 2.05) is 6.07 Å². The zero-order valence-electron chi connectivity index (χ0n) is 11.1. The maximum absolute atomic E-state index is 13.7. The van der Waals surface area contributed by atoms with E-state index in [0.29, 0.717) is 16.9 Å². The predicted octanol–water partition coefficient (Wildman–Crippen LogP) is 3.30. The normalized spacial score (nSPS) is 11.7. The van der Waals surface area contributed by atoms with Crippen molar-refractivity contribution in [2.75, 3.05) is 0 Å². The molecule has 2 N–H and O–H groups in total. The summed E-state index contributed by atoms with van der Waals surface area (Å²) < 4.78 is 19.3. The smallest absolute Gasteiger partial charge is 0.131 e. The Morgan fingerprint density at radius 3 is 2.75 bits per heavy atom. The van der Waals surface area contributed by atoms with Gasteiger partial charge in [-0.2, -0.15) is 5.26 Å². The molecule has 0 bridgehead atoms. The summed E-state index contributed by atoms with van der Waals surface area (Å²) in [5.41, 5.74) is 7.55. The van der Waals surface area contributed by atoms with Gasteiger partial charge < -0.3 is 10.5 Å². The Kier molecular flexibility index (Phi) is 4.34. The van der Waals surface area contributed by atoms with Gasteiger partial charge in [-0.25, -0.2) is 4.39 Å². The van der Waals surface area contributed by atoms with Gasteiger partial charge in [0.1, 0.15) is 18.2 Å². The molecule has 102 valence electrons. The lowest BCUT2D eigenvalue weighted by molar-refractivity contribution is 0.304. The van der Waals surface area contributed by atoms with E-state index >= 15 is 0 Å².